The maximum atomic E-state index is 5.90. The van der Waals surface area contributed by atoms with E-state index in [1.54, 1.807) is 0 Å². The minimum atomic E-state index is 0.000353. The lowest BCUT2D eigenvalue weighted by Crippen LogP contribution is -2.32. The Morgan fingerprint density at radius 1 is 1.32 bits per heavy atom. The Bertz CT molecular complexity index is 867. The summed E-state index contributed by atoms with van der Waals surface area (Å²) in [5.74, 6) is 0.974. The van der Waals surface area contributed by atoms with Crippen molar-refractivity contribution in [2.24, 2.45) is 7.05 Å². The van der Waals surface area contributed by atoms with Gasteiger partial charge < -0.3 is 14.6 Å². The second-order valence-electron chi connectivity index (χ2n) is 6.90. The fraction of sp³-hybridized carbons (Fsp3) is 0.500. The van der Waals surface area contributed by atoms with E-state index in [9.17, 15) is 0 Å². The maximum absolute atomic E-state index is 5.90. The lowest BCUT2D eigenvalue weighted by atomic mass is 10.1. The van der Waals surface area contributed by atoms with Gasteiger partial charge in [-0.2, -0.15) is 5.10 Å². The molecule has 0 radical (unpaired) electrons. The second kappa shape index (κ2) is 6.57. The van der Waals surface area contributed by atoms with Crippen LogP contribution in [0.5, 0.6) is 0 Å². The van der Waals surface area contributed by atoms with Crippen LogP contribution in [0, 0.1) is 0 Å². The van der Waals surface area contributed by atoms with Crippen molar-refractivity contribution in [3.63, 3.8) is 0 Å². The maximum Gasteiger partial charge on any atom is 0.157 e. The van der Waals surface area contributed by atoms with E-state index < -0.39 is 0 Å². The van der Waals surface area contributed by atoms with Crippen molar-refractivity contribution in [3.8, 4) is 0 Å². The van der Waals surface area contributed by atoms with Gasteiger partial charge >= 0.3 is 0 Å². The summed E-state index contributed by atoms with van der Waals surface area (Å²) in [5, 5.41) is 9.12. The third-order valence-corrected chi connectivity index (χ3v) is 4.75. The molecule has 4 heterocycles. The summed E-state index contributed by atoms with van der Waals surface area (Å²) in [6, 6.07) is 2.73. The van der Waals surface area contributed by atoms with Gasteiger partial charge in [0.15, 0.2) is 5.65 Å². The number of imidazole rings is 1. The van der Waals surface area contributed by atoms with Gasteiger partial charge in [-0.05, 0) is 31.9 Å². The second-order valence-corrected chi connectivity index (χ2v) is 6.90. The molecule has 4 rings (SSSR count). The molecule has 0 aliphatic carbocycles. The van der Waals surface area contributed by atoms with Crippen molar-refractivity contribution in [1.82, 2.24) is 29.6 Å². The van der Waals surface area contributed by atoms with E-state index in [0.717, 1.165) is 42.0 Å². The Hall–Kier alpha value is -2.25. The third kappa shape index (κ3) is 3.05. The molecular weight excluding hydrogens is 316 g/mol. The van der Waals surface area contributed by atoms with Crippen LogP contribution < -0.4 is 5.32 Å². The highest BCUT2D eigenvalue weighted by atomic mass is 16.5. The molecule has 1 aliphatic rings. The monoisotopic (exact) mass is 340 g/mol. The van der Waals surface area contributed by atoms with Crippen LogP contribution >= 0.6 is 0 Å². The molecule has 0 spiro atoms. The van der Waals surface area contributed by atoms with Gasteiger partial charge in [0.2, 0.25) is 0 Å². The predicted molar refractivity (Wildman–Crippen MR) is 95.1 cm³/mol. The molecular formula is C18H24N6O. The number of pyridine rings is 1. The quantitative estimate of drug-likeness (QED) is 0.772. The van der Waals surface area contributed by atoms with Crippen LogP contribution in [-0.2, 0) is 18.3 Å². The minimum absolute atomic E-state index is 0.000353. The van der Waals surface area contributed by atoms with Crippen molar-refractivity contribution in [2.75, 3.05) is 6.61 Å². The largest absolute Gasteiger partial charge is 0.369 e. The van der Waals surface area contributed by atoms with Gasteiger partial charge in [-0.25, -0.2) is 14.6 Å². The standard InChI is InChI=1S/C18H24N6O/c1-12(2)24-17-14(11-22-24)8-13(10-21-17)9-20-15-4-7-25-16(15)18-19-5-6-23(18)3/h5-6,8,10-12,15-16,20H,4,7,9H2,1-3H3/t15-,16-/m0/s1. The molecule has 3 aromatic heterocycles. The van der Waals surface area contributed by atoms with Gasteiger partial charge in [0.1, 0.15) is 11.9 Å². The number of hydrogen-bond acceptors (Lipinski definition) is 5. The van der Waals surface area contributed by atoms with Crippen LogP contribution in [0.25, 0.3) is 11.0 Å². The fourth-order valence-corrected chi connectivity index (χ4v) is 3.41. The van der Waals surface area contributed by atoms with Crippen molar-refractivity contribution in [1.29, 1.82) is 0 Å². The summed E-state index contributed by atoms with van der Waals surface area (Å²) >= 11 is 0. The zero-order chi connectivity index (χ0) is 17.4. The topological polar surface area (TPSA) is 69.8 Å². The Morgan fingerprint density at radius 2 is 2.20 bits per heavy atom. The molecule has 1 aliphatic heterocycles. The van der Waals surface area contributed by atoms with E-state index in [4.69, 9.17) is 4.74 Å². The number of aromatic nitrogens is 5. The highest BCUT2D eigenvalue weighted by Crippen LogP contribution is 2.28. The van der Waals surface area contributed by atoms with Crippen molar-refractivity contribution in [2.45, 2.75) is 45.0 Å². The molecule has 0 unspecified atom stereocenters. The molecule has 1 fully saturated rings. The Kier molecular flexibility index (Phi) is 4.27. The molecule has 25 heavy (non-hydrogen) atoms. The molecule has 7 heteroatoms. The average molecular weight is 340 g/mol. The lowest BCUT2D eigenvalue weighted by molar-refractivity contribution is 0.0893. The van der Waals surface area contributed by atoms with E-state index in [-0.39, 0.29) is 12.1 Å². The van der Waals surface area contributed by atoms with Gasteiger partial charge in [0, 0.05) is 56.3 Å². The molecule has 0 aromatic carbocycles. The summed E-state index contributed by atoms with van der Waals surface area (Å²) < 4.78 is 9.88. The molecule has 2 atom stereocenters. The minimum Gasteiger partial charge on any atom is -0.369 e. The lowest BCUT2D eigenvalue weighted by Gasteiger charge is -2.19. The number of hydrogen-bond donors (Lipinski definition) is 1. The van der Waals surface area contributed by atoms with Crippen molar-refractivity contribution < 1.29 is 4.74 Å². The highest BCUT2D eigenvalue weighted by Gasteiger charge is 2.31. The molecule has 3 aromatic rings. The molecule has 0 saturated carbocycles. The van der Waals surface area contributed by atoms with Crippen molar-refractivity contribution in [3.05, 3.63) is 42.2 Å². The molecule has 1 saturated heterocycles. The number of fused-ring (bicyclic) bond motifs is 1. The Labute approximate surface area is 147 Å². The van der Waals surface area contributed by atoms with Crippen LogP contribution in [0.15, 0.2) is 30.9 Å². The zero-order valence-corrected chi connectivity index (χ0v) is 14.9. The number of nitrogens with one attached hydrogen (secondary N) is 1. The van der Waals surface area contributed by atoms with Gasteiger partial charge in [-0.3, -0.25) is 0 Å². The van der Waals surface area contributed by atoms with Crippen LogP contribution in [-0.4, -0.2) is 37.0 Å². The van der Waals surface area contributed by atoms with Gasteiger partial charge in [0.25, 0.3) is 0 Å². The van der Waals surface area contributed by atoms with E-state index in [1.807, 2.05) is 41.1 Å². The van der Waals surface area contributed by atoms with Crippen LogP contribution in [0.1, 0.15) is 43.8 Å². The molecule has 0 bridgehead atoms. The van der Waals surface area contributed by atoms with Crippen molar-refractivity contribution >= 4 is 11.0 Å². The van der Waals surface area contributed by atoms with Crippen LogP contribution in [0.2, 0.25) is 0 Å². The summed E-state index contributed by atoms with van der Waals surface area (Å²) in [7, 11) is 2.01. The number of ether oxygens (including phenoxy) is 1. The molecule has 132 valence electrons. The van der Waals surface area contributed by atoms with Crippen LogP contribution in [0.4, 0.5) is 0 Å². The molecule has 1 N–H and O–H groups in total. The SMILES string of the molecule is CC(C)n1ncc2cc(CN[C@H]3CCO[C@@H]3c3nccn3C)cnc21. The molecule has 0 amide bonds. The van der Waals surface area contributed by atoms with E-state index in [0.29, 0.717) is 6.04 Å². The Morgan fingerprint density at radius 3 is 2.96 bits per heavy atom. The summed E-state index contributed by atoms with van der Waals surface area (Å²) in [6.07, 6.45) is 8.58. The summed E-state index contributed by atoms with van der Waals surface area (Å²) in [5.41, 5.74) is 2.09. The smallest absolute Gasteiger partial charge is 0.157 e. The van der Waals surface area contributed by atoms with Gasteiger partial charge in [-0.15, -0.1) is 0 Å². The van der Waals surface area contributed by atoms with E-state index >= 15 is 0 Å². The van der Waals surface area contributed by atoms with Gasteiger partial charge in [0.05, 0.1) is 6.20 Å². The first kappa shape index (κ1) is 16.2. The normalized spacial score (nSPS) is 20.8. The summed E-state index contributed by atoms with van der Waals surface area (Å²) in [6.45, 7) is 5.74. The number of aryl methyl sites for hydroxylation is 1. The highest BCUT2D eigenvalue weighted by molar-refractivity contribution is 5.75. The number of rotatable bonds is 5. The van der Waals surface area contributed by atoms with Gasteiger partial charge in [-0.1, -0.05) is 0 Å². The Balaban J connectivity index is 1.47. The first-order chi connectivity index (χ1) is 12.1. The van der Waals surface area contributed by atoms with Crippen LogP contribution in [0.3, 0.4) is 0 Å². The molecule has 7 nitrogen and oxygen atoms in total. The van der Waals surface area contributed by atoms with E-state index in [2.05, 4.69) is 40.3 Å². The predicted octanol–water partition coefficient (Wildman–Crippen LogP) is 2.37. The average Bonchev–Trinajstić information content (AvgIpc) is 3.30. The number of nitrogens with zero attached hydrogens (tertiary/aromatic N) is 5. The first-order valence-corrected chi connectivity index (χ1v) is 8.78. The zero-order valence-electron chi connectivity index (χ0n) is 14.9. The first-order valence-electron chi connectivity index (χ1n) is 8.78. The fourth-order valence-electron chi connectivity index (χ4n) is 3.41. The third-order valence-electron chi connectivity index (χ3n) is 4.75. The summed E-state index contributed by atoms with van der Waals surface area (Å²) in [4.78, 5) is 9.04. The van der Waals surface area contributed by atoms with E-state index in [1.165, 1.54) is 0 Å².